The molecule has 1 amide bonds. The zero-order valence-corrected chi connectivity index (χ0v) is 19.2. The zero-order valence-electron chi connectivity index (χ0n) is 18.5. The lowest BCUT2D eigenvalue weighted by molar-refractivity contribution is -0.137. The van der Waals surface area contributed by atoms with Gasteiger partial charge in [-0.25, -0.2) is 15.0 Å². The summed E-state index contributed by atoms with van der Waals surface area (Å²) in [4.78, 5) is 24.9. The van der Waals surface area contributed by atoms with Gasteiger partial charge in [0.15, 0.2) is 0 Å². The van der Waals surface area contributed by atoms with Gasteiger partial charge in [-0.3, -0.25) is 4.79 Å². The van der Waals surface area contributed by atoms with Gasteiger partial charge in [0.05, 0.1) is 33.9 Å². The van der Waals surface area contributed by atoms with Crippen LogP contribution in [0, 0.1) is 25.7 Å². The zero-order chi connectivity index (χ0) is 25.2. The monoisotopic (exact) mass is 495 g/mol. The third kappa shape index (κ3) is 5.67. The van der Waals surface area contributed by atoms with Crippen LogP contribution in [0.25, 0.3) is 5.69 Å². The number of anilines is 1. The largest absolute Gasteiger partial charge is 0.418 e. The fourth-order valence-corrected chi connectivity index (χ4v) is 3.35. The summed E-state index contributed by atoms with van der Waals surface area (Å²) >= 11 is 6.20. The topological polar surface area (TPSA) is 72.7 Å². The molecule has 6 nitrogen and oxygen atoms in total. The SMILES string of the molecule is Cc1cn(-c2ccc(NC(=O)c3ccc(Cl)c(C#Cc4cnc(C)nc4)c3)cc2C(F)(F)F)cn1. The number of amides is 1. The Morgan fingerprint density at radius 3 is 2.43 bits per heavy atom. The smallest absolute Gasteiger partial charge is 0.322 e. The Kier molecular flexibility index (Phi) is 6.58. The van der Waals surface area contributed by atoms with Crippen molar-refractivity contribution in [1.82, 2.24) is 19.5 Å². The van der Waals surface area contributed by atoms with Crippen molar-refractivity contribution in [3.63, 3.8) is 0 Å². The van der Waals surface area contributed by atoms with E-state index in [0.717, 1.165) is 6.07 Å². The first-order valence-electron chi connectivity index (χ1n) is 10.2. The van der Waals surface area contributed by atoms with E-state index >= 15 is 0 Å². The number of rotatable bonds is 3. The molecule has 4 aromatic rings. The molecule has 0 radical (unpaired) electrons. The summed E-state index contributed by atoms with van der Waals surface area (Å²) in [6.07, 6.45) is 1.27. The van der Waals surface area contributed by atoms with Crippen molar-refractivity contribution in [2.75, 3.05) is 5.32 Å². The van der Waals surface area contributed by atoms with Crippen molar-refractivity contribution in [2.45, 2.75) is 20.0 Å². The molecule has 0 bridgehead atoms. The van der Waals surface area contributed by atoms with E-state index in [2.05, 4.69) is 32.1 Å². The number of benzene rings is 2. The van der Waals surface area contributed by atoms with Gasteiger partial charge < -0.3 is 9.88 Å². The van der Waals surface area contributed by atoms with E-state index < -0.39 is 17.6 Å². The highest BCUT2D eigenvalue weighted by Crippen LogP contribution is 2.36. The lowest BCUT2D eigenvalue weighted by Crippen LogP contribution is -2.15. The second kappa shape index (κ2) is 9.60. The van der Waals surface area contributed by atoms with Crippen LogP contribution in [0.4, 0.5) is 18.9 Å². The predicted octanol–water partition coefficient (Wildman–Crippen LogP) is 5.60. The molecular formula is C25H17ClF3N5O. The molecule has 0 spiro atoms. The number of alkyl halides is 3. The number of hydrogen-bond donors (Lipinski definition) is 1. The summed E-state index contributed by atoms with van der Waals surface area (Å²) in [7, 11) is 0. The Morgan fingerprint density at radius 1 is 1.03 bits per heavy atom. The minimum Gasteiger partial charge on any atom is -0.322 e. The van der Waals surface area contributed by atoms with E-state index in [-0.39, 0.29) is 16.9 Å². The van der Waals surface area contributed by atoms with Gasteiger partial charge in [-0.15, -0.1) is 0 Å². The maximum absolute atomic E-state index is 13.7. The number of nitrogens with one attached hydrogen (secondary N) is 1. The average Bonchev–Trinajstić information content (AvgIpc) is 3.25. The van der Waals surface area contributed by atoms with Gasteiger partial charge in [0.2, 0.25) is 0 Å². The van der Waals surface area contributed by atoms with Gasteiger partial charge in [0.25, 0.3) is 5.91 Å². The summed E-state index contributed by atoms with van der Waals surface area (Å²) in [6, 6.07) is 7.99. The Labute approximate surface area is 203 Å². The van der Waals surface area contributed by atoms with Crippen LogP contribution in [0.15, 0.2) is 61.3 Å². The summed E-state index contributed by atoms with van der Waals surface area (Å²) < 4.78 is 42.5. The normalized spacial score (nSPS) is 11.0. The van der Waals surface area contributed by atoms with E-state index in [1.165, 1.54) is 47.4 Å². The van der Waals surface area contributed by atoms with Crippen LogP contribution in [-0.2, 0) is 6.18 Å². The summed E-state index contributed by atoms with van der Waals surface area (Å²) in [5.74, 6) is 5.73. The predicted molar refractivity (Wildman–Crippen MR) is 125 cm³/mol. The molecule has 1 N–H and O–H groups in total. The summed E-state index contributed by atoms with van der Waals surface area (Å²) in [5, 5.41) is 2.83. The molecule has 176 valence electrons. The fourth-order valence-electron chi connectivity index (χ4n) is 3.18. The Hall–Kier alpha value is -4.16. The van der Waals surface area contributed by atoms with E-state index in [1.54, 1.807) is 26.2 Å². The molecule has 0 aliphatic heterocycles. The van der Waals surface area contributed by atoms with E-state index in [4.69, 9.17) is 11.6 Å². The standard InChI is InChI=1S/C25H17ClF3N5O/c1-15-13-34(14-32-15)23-8-6-20(10-21(23)25(27,28)29)33-24(35)19-5-7-22(26)18(9-19)4-3-17-11-30-16(2)31-12-17/h5-14H,1-2H3,(H,33,35). The Balaban J connectivity index is 1.60. The molecular weight excluding hydrogens is 479 g/mol. The summed E-state index contributed by atoms with van der Waals surface area (Å²) in [6.45, 7) is 3.43. The van der Waals surface area contributed by atoms with Crippen molar-refractivity contribution in [3.8, 4) is 17.5 Å². The lowest BCUT2D eigenvalue weighted by Gasteiger charge is -2.15. The van der Waals surface area contributed by atoms with Gasteiger partial charge in [0.1, 0.15) is 5.82 Å². The Morgan fingerprint density at radius 2 is 1.77 bits per heavy atom. The number of imidazole rings is 1. The quantitative estimate of drug-likeness (QED) is 0.375. The minimum absolute atomic E-state index is 0.0118. The number of hydrogen-bond acceptors (Lipinski definition) is 4. The van der Waals surface area contributed by atoms with Crippen molar-refractivity contribution in [1.29, 1.82) is 0 Å². The maximum atomic E-state index is 13.7. The van der Waals surface area contributed by atoms with Gasteiger partial charge in [0, 0.05) is 35.4 Å². The molecule has 0 unspecified atom stereocenters. The van der Waals surface area contributed by atoms with Gasteiger partial charge >= 0.3 is 6.18 Å². The highest BCUT2D eigenvalue weighted by Gasteiger charge is 2.34. The van der Waals surface area contributed by atoms with Crippen LogP contribution in [0.1, 0.15) is 38.6 Å². The third-order valence-corrected chi connectivity index (χ3v) is 5.23. The lowest BCUT2D eigenvalue weighted by atomic mass is 10.1. The number of halogens is 4. The summed E-state index contributed by atoms with van der Waals surface area (Å²) in [5.41, 5.74) is 0.683. The van der Waals surface area contributed by atoms with Crippen LogP contribution in [-0.4, -0.2) is 25.4 Å². The van der Waals surface area contributed by atoms with Gasteiger partial charge in [-0.05, 0) is 50.2 Å². The first kappa shape index (κ1) is 24.0. The Bertz CT molecular complexity index is 1470. The van der Waals surface area contributed by atoms with E-state index in [0.29, 0.717) is 27.7 Å². The van der Waals surface area contributed by atoms with E-state index in [1.807, 2.05) is 0 Å². The van der Waals surface area contributed by atoms with Crippen LogP contribution in [0.5, 0.6) is 0 Å². The highest BCUT2D eigenvalue weighted by molar-refractivity contribution is 6.32. The molecule has 2 heterocycles. The molecule has 0 saturated heterocycles. The minimum atomic E-state index is -4.64. The van der Waals surface area contributed by atoms with E-state index in [9.17, 15) is 18.0 Å². The van der Waals surface area contributed by atoms with Gasteiger partial charge in [-0.2, -0.15) is 13.2 Å². The van der Waals surface area contributed by atoms with Gasteiger partial charge in [-0.1, -0.05) is 23.4 Å². The van der Waals surface area contributed by atoms with Crippen molar-refractivity contribution in [2.24, 2.45) is 0 Å². The molecule has 0 aliphatic rings. The first-order chi connectivity index (χ1) is 16.6. The number of carbonyl (C=O) groups is 1. The number of aromatic nitrogens is 4. The fraction of sp³-hybridized carbons (Fsp3) is 0.120. The van der Waals surface area contributed by atoms with Crippen LogP contribution >= 0.6 is 11.6 Å². The third-order valence-electron chi connectivity index (χ3n) is 4.90. The second-order valence-electron chi connectivity index (χ2n) is 7.57. The van der Waals surface area contributed by atoms with Crippen LogP contribution < -0.4 is 5.32 Å². The number of aryl methyl sites for hydroxylation is 2. The molecule has 0 fully saturated rings. The average molecular weight is 496 g/mol. The second-order valence-corrected chi connectivity index (χ2v) is 7.98. The number of nitrogens with zero attached hydrogens (tertiary/aromatic N) is 4. The molecule has 0 saturated carbocycles. The van der Waals surface area contributed by atoms with Crippen molar-refractivity contribution in [3.05, 3.63) is 100 Å². The maximum Gasteiger partial charge on any atom is 0.418 e. The van der Waals surface area contributed by atoms with Crippen molar-refractivity contribution < 1.29 is 18.0 Å². The molecule has 0 aliphatic carbocycles. The molecule has 4 rings (SSSR count). The first-order valence-corrected chi connectivity index (χ1v) is 10.6. The van der Waals surface area contributed by atoms with Crippen LogP contribution in [0.3, 0.4) is 0 Å². The number of carbonyl (C=O) groups excluding carboxylic acids is 1. The molecule has 2 aromatic carbocycles. The van der Waals surface area contributed by atoms with Crippen LogP contribution in [0.2, 0.25) is 5.02 Å². The molecule has 35 heavy (non-hydrogen) atoms. The molecule has 10 heteroatoms. The highest BCUT2D eigenvalue weighted by atomic mass is 35.5. The molecule has 0 atom stereocenters. The molecule has 2 aromatic heterocycles. The van der Waals surface area contributed by atoms with Crippen molar-refractivity contribution >= 4 is 23.2 Å².